The number of hydrogen-bond donors (Lipinski definition) is 1. The zero-order chi connectivity index (χ0) is 17.2. The summed E-state index contributed by atoms with van der Waals surface area (Å²) in [6.07, 6.45) is 1.51. The smallest absolute Gasteiger partial charge is 0.239 e. The first-order chi connectivity index (χ1) is 10.8. The van der Waals surface area contributed by atoms with Gasteiger partial charge in [0.25, 0.3) is 0 Å². The Kier molecular flexibility index (Phi) is 5.03. The molecule has 1 aliphatic carbocycles. The molecule has 1 aliphatic rings. The third-order valence-corrected chi connectivity index (χ3v) is 5.58. The van der Waals surface area contributed by atoms with Crippen LogP contribution >= 0.6 is 0 Å². The van der Waals surface area contributed by atoms with Gasteiger partial charge in [0.15, 0.2) is 0 Å². The van der Waals surface area contributed by atoms with Crippen molar-refractivity contribution in [2.45, 2.75) is 37.9 Å². The van der Waals surface area contributed by atoms with Crippen LogP contribution in [0.1, 0.15) is 32.6 Å². The first-order valence-electron chi connectivity index (χ1n) is 7.16. The molecule has 0 radical (unpaired) electrons. The average Bonchev–Trinajstić information content (AvgIpc) is 2.49. The van der Waals surface area contributed by atoms with Gasteiger partial charge in [0.2, 0.25) is 10.0 Å². The molecule has 0 spiro atoms. The van der Waals surface area contributed by atoms with E-state index >= 15 is 0 Å². The Labute approximate surface area is 133 Å². The van der Waals surface area contributed by atoms with Gasteiger partial charge >= 0.3 is 0 Å². The van der Waals surface area contributed by atoms with Crippen molar-refractivity contribution in [2.75, 3.05) is 4.72 Å². The van der Waals surface area contributed by atoms with E-state index in [4.69, 9.17) is 0 Å². The van der Waals surface area contributed by atoms with Crippen LogP contribution in [-0.2, 0) is 14.8 Å². The third-order valence-electron chi connectivity index (χ3n) is 3.85. The fourth-order valence-electron chi connectivity index (χ4n) is 2.76. The SMILES string of the molecule is CCC1=C(C(=O)[O-])C(S(=O)(=O)Nc2ccc(F)cc2F)CCC1. The van der Waals surface area contributed by atoms with Crippen molar-refractivity contribution in [3.63, 3.8) is 0 Å². The summed E-state index contributed by atoms with van der Waals surface area (Å²) in [6.45, 7) is 1.74. The second kappa shape index (κ2) is 6.66. The van der Waals surface area contributed by atoms with Gasteiger partial charge in [0.05, 0.1) is 11.7 Å². The second-order valence-electron chi connectivity index (χ2n) is 5.31. The van der Waals surface area contributed by atoms with Crippen molar-refractivity contribution >= 4 is 21.7 Å². The Morgan fingerprint density at radius 2 is 2.09 bits per heavy atom. The van der Waals surface area contributed by atoms with Crippen molar-refractivity contribution in [1.82, 2.24) is 0 Å². The van der Waals surface area contributed by atoms with Gasteiger partial charge in [0.1, 0.15) is 16.9 Å². The molecule has 1 aromatic carbocycles. The summed E-state index contributed by atoms with van der Waals surface area (Å²) in [5, 5.41) is 10.0. The Hall–Kier alpha value is -1.96. The summed E-state index contributed by atoms with van der Waals surface area (Å²) in [4.78, 5) is 11.4. The monoisotopic (exact) mass is 344 g/mol. The predicted molar refractivity (Wildman–Crippen MR) is 78.9 cm³/mol. The number of sulfonamides is 1. The van der Waals surface area contributed by atoms with Gasteiger partial charge in [-0.2, -0.15) is 0 Å². The number of benzene rings is 1. The van der Waals surface area contributed by atoms with Crippen molar-refractivity contribution in [3.05, 3.63) is 41.0 Å². The van der Waals surface area contributed by atoms with Crippen LogP contribution in [-0.4, -0.2) is 19.6 Å². The fraction of sp³-hybridized carbons (Fsp3) is 0.400. The highest BCUT2D eigenvalue weighted by molar-refractivity contribution is 7.93. The lowest BCUT2D eigenvalue weighted by Crippen LogP contribution is -2.40. The zero-order valence-corrected chi connectivity index (χ0v) is 13.3. The maximum absolute atomic E-state index is 13.6. The van der Waals surface area contributed by atoms with Crippen molar-refractivity contribution in [2.24, 2.45) is 0 Å². The van der Waals surface area contributed by atoms with Crippen LogP contribution in [0.5, 0.6) is 0 Å². The number of rotatable bonds is 5. The minimum absolute atomic E-state index is 0.102. The minimum Gasteiger partial charge on any atom is -0.545 e. The molecule has 0 bridgehead atoms. The van der Waals surface area contributed by atoms with Crippen LogP contribution in [0.2, 0.25) is 0 Å². The number of carbonyl (C=O) groups is 1. The summed E-state index contributed by atoms with van der Waals surface area (Å²) >= 11 is 0. The van der Waals surface area contributed by atoms with E-state index in [2.05, 4.69) is 0 Å². The molecule has 5 nitrogen and oxygen atoms in total. The summed E-state index contributed by atoms with van der Waals surface area (Å²) < 4.78 is 53.5. The van der Waals surface area contributed by atoms with E-state index < -0.39 is 38.6 Å². The molecule has 0 aliphatic heterocycles. The van der Waals surface area contributed by atoms with E-state index in [1.54, 1.807) is 6.92 Å². The summed E-state index contributed by atoms with van der Waals surface area (Å²) in [6, 6.07) is 2.41. The first-order valence-corrected chi connectivity index (χ1v) is 8.70. The molecule has 0 heterocycles. The van der Waals surface area contributed by atoms with Crippen LogP contribution in [0.4, 0.5) is 14.5 Å². The summed E-state index contributed by atoms with van der Waals surface area (Å²) in [7, 11) is -4.20. The molecule has 0 saturated carbocycles. The van der Waals surface area contributed by atoms with Gasteiger partial charge in [-0.1, -0.05) is 12.5 Å². The fourth-order valence-corrected chi connectivity index (χ4v) is 4.42. The number of aliphatic carboxylic acids is 1. The van der Waals surface area contributed by atoms with Crippen molar-refractivity contribution < 1.29 is 27.1 Å². The Morgan fingerprint density at radius 1 is 1.39 bits per heavy atom. The molecule has 0 amide bonds. The lowest BCUT2D eigenvalue weighted by molar-refractivity contribution is -0.299. The van der Waals surface area contributed by atoms with E-state index in [0.717, 1.165) is 12.1 Å². The highest BCUT2D eigenvalue weighted by Gasteiger charge is 2.34. The van der Waals surface area contributed by atoms with Crippen molar-refractivity contribution in [1.29, 1.82) is 0 Å². The Bertz CT molecular complexity index is 759. The van der Waals surface area contributed by atoms with E-state index in [1.165, 1.54) is 0 Å². The number of hydrogen-bond acceptors (Lipinski definition) is 4. The van der Waals surface area contributed by atoms with E-state index in [-0.39, 0.29) is 12.0 Å². The first kappa shape index (κ1) is 17.4. The van der Waals surface area contributed by atoms with Gasteiger partial charge in [-0.15, -0.1) is 0 Å². The second-order valence-corrected chi connectivity index (χ2v) is 7.17. The normalized spacial score (nSPS) is 18.8. The van der Waals surface area contributed by atoms with E-state index in [1.807, 2.05) is 4.72 Å². The highest BCUT2D eigenvalue weighted by atomic mass is 32.2. The van der Waals surface area contributed by atoms with Crippen LogP contribution in [0.3, 0.4) is 0 Å². The topological polar surface area (TPSA) is 86.3 Å². The number of anilines is 1. The molecule has 126 valence electrons. The standard InChI is InChI=1S/C15H17F2NO4S/c1-2-9-4-3-5-13(14(9)15(19)20)23(21,22)18-12-7-6-10(16)8-11(12)17/h6-8,13,18H,2-5H2,1H3,(H,19,20)/p-1. The molecule has 2 rings (SSSR count). The molecule has 0 aromatic heterocycles. The van der Waals surface area contributed by atoms with Crippen LogP contribution in [0.15, 0.2) is 29.3 Å². The molecule has 0 fully saturated rings. The molecule has 0 saturated heterocycles. The van der Waals surface area contributed by atoms with E-state index in [0.29, 0.717) is 30.9 Å². The molecule has 1 N–H and O–H groups in total. The third kappa shape index (κ3) is 3.69. The number of carbonyl (C=O) groups excluding carboxylic acids is 1. The maximum atomic E-state index is 13.6. The number of allylic oxidation sites excluding steroid dienone is 1. The molecular weight excluding hydrogens is 328 g/mol. The average molecular weight is 344 g/mol. The maximum Gasteiger partial charge on any atom is 0.239 e. The molecule has 1 aromatic rings. The lowest BCUT2D eigenvalue weighted by Gasteiger charge is -2.29. The van der Waals surface area contributed by atoms with Crippen LogP contribution in [0, 0.1) is 11.6 Å². The quantitative estimate of drug-likeness (QED) is 0.881. The lowest BCUT2D eigenvalue weighted by atomic mass is 9.90. The van der Waals surface area contributed by atoms with Crippen LogP contribution in [0.25, 0.3) is 0 Å². The zero-order valence-electron chi connectivity index (χ0n) is 12.4. The Morgan fingerprint density at radius 3 is 2.65 bits per heavy atom. The summed E-state index contributed by atoms with van der Waals surface area (Å²) in [5.41, 5.74) is -0.160. The number of nitrogens with one attached hydrogen (secondary N) is 1. The highest BCUT2D eigenvalue weighted by Crippen LogP contribution is 2.32. The number of halogens is 2. The molecule has 23 heavy (non-hydrogen) atoms. The molecule has 1 unspecified atom stereocenters. The minimum atomic E-state index is -4.20. The van der Waals surface area contributed by atoms with Crippen molar-refractivity contribution in [3.8, 4) is 0 Å². The Balaban J connectivity index is 2.40. The van der Waals surface area contributed by atoms with Gasteiger partial charge < -0.3 is 9.90 Å². The number of carboxylic acid groups (broad SMARTS) is 1. The molecule has 1 atom stereocenters. The van der Waals surface area contributed by atoms with Gasteiger partial charge in [-0.25, -0.2) is 17.2 Å². The number of carboxylic acids is 1. The van der Waals surface area contributed by atoms with Gasteiger partial charge in [-0.3, -0.25) is 4.72 Å². The largest absolute Gasteiger partial charge is 0.545 e. The van der Waals surface area contributed by atoms with Crippen LogP contribution < -0.4 is 9.83 Å². The molecular formula is C15H16F2NO4S-. The molecule has 8 heteroatoms. The summed E-state index contributed by atoms with van der Waals surface area (Å²) in [5.74, 6) is -3.44. The van der Waals surface area contributed by atoms with Gasteiger partial charge in [-0.05, 0) is 43.4 Å². The van der Waals surface area contributed by atoms with E-state index in [9.17, 15) is 27.1 Å². The van der Waals surface area contributed by atoms with Gasteiger partial charge in [0, 0.05) is 6.07 Å². The predicted octanol–water partition coefficient (Wildman–Crippen LogP) is 1.72.